The van der Waals surface area contributed by atoms with E-state index in [2.05, 4.69) is 11.9 Å². The van der Waals surface area contributed by atoms with E-state index in [0.29, 0.717) is 6.42 Å². The zero-order valence-corrected chi connectivity index (χ0v) is 14.6. The van der Waals surface area contributed by atoms with Crippen LogP contribution in [0.4, 0.5) is 0 Å². The Morgan fingerprint density at radius 1 is 1.32 bits per heavy atom. The smallest absolute Gasteiger partial charge is 0.145 e. The standard InChI is InChI=1S/C20H24N2O3/c1-3-12(11-23)13-8-18-20-15(6-7-21(18)2)16-10-14(24)4-5-17(16)22(20)19(25)9-13/h3-5,10-11,13,18-19,24-25H,6-9H2,1-2H3/b12-3+/t13-,18+,19+/m1/s1. The Bertz CT molecular complexity index is 867. The molecule has 4 rings (SSSR count). The Hall–Kier alpha value is -2.11. The zero-order valence-electron chi connectivity index (χ0n) is 14.6. The number of aromatic hydroxyl groups is 1. The van der Waals surface area contributed by atoms with Gasteiger partial charge in [0.25, 0.3) is 0 Å². The maximum absolute atomic E-state index is 11.5. The first-order valence-corrected chi connectivity index (χ1v) is 8.90. The molecule has 3 atom stereocenters. The molecule has 0 saturated heterocycles. The SMILES string of the molecule is C/C=C(\C=O)[C@@H]1C[C@H]2c3c(c4cc(O)ccc4n3[C@@H](O)C1)CCN2C. The minimum atomic E-state index is -0.674. The summed E-state index contributed by atoms with van der Waals surface area (Å²) in [4.78, 5) is 13.8. The summed E-state index contributed by atoms with van der Waals surface area (Å²) in [5.74, 6) is 0.299. The number of hydrogen-bond donors (Lipinski definition) is 2. The molecule has 5 nitrogen and oxygen atoms in total. The van der Waals surface area contributed by atoms with Gasteiger partial charge in [-0.05, 0) is 68.5 Å². The van der Waals surface area contributed by atoms with Crippen LogP contribution in [0.1, 0.15) is 43.3 Å². The van der Waals surface area contributed by atoms with E-state index in [9.17, 15) is 15.0 Å². The first-order chi connectivity index (χ1) is 12.0. The number of carbonyl (C=O) groups excluding carboxylic acids is 1. The van der Waals surface area contributed by atoms with Crippen LogP contribution in [0.25, 0.3) is 10.9 Å². The molecule has 0 unspecified atom stereocenters. The van der Waals surface area contributed by atoms with Crippen LogP contribution in [-0.2, 0) is 11.2 Å². The van der Waals surface area contributed by atoms with Gasteiger partial charge in [-0.3, -0.25) is 9.69 Å². The summed E-state index contributed by atoms with van der Waals surface area (Å²) in [5, 5.41) is 21.9. The van der Waals surface area contributed by atoms with Crippen molar-refractivity contribution in [1.29, 1.82) is 0 Å². The van der Waals surface area contributed by atoms with Crippen LogP contribution >= 0.6 is 0 Å². The van der Waals surface area contributed by atoms with Gasteiger partial charge in [0.05, 0.1) is 11.6 Å². The van der Waals surface area contributed by atoms with E-state index in [0.717, 1.165) is 47.8 Å². The minimum Gasteiger partial charge on any atom is -0.508 e. The highest BCUT2D eigenvalue weighted by atomic mass is 16.3. The van der Waals surface area contributed by atoms with Gasteiger partial charge in [-0.25, -0.2) is 0 Å². The maximum Gasteiger partial charge on any atom is 0.145 e. The number of aliphatic hydroxyl groups excluding tert-OH is 1. The number of hydrogen-bond acceptors (Lipinski definition) is 4. The fraction of sp³-hybridized carbons (Fsp3) is 0.450. The second-order valence-corrected chi connectivity index (χ2v) is 7.24. The molecule has 0 fully saturated rings. The van der Waals surface area contributed by atoms with Crippen molar-refractivity contribution in [2.75, 3.05) is 13.6 Å². The molecule has 2 N–H and O–H groups in total. The quantitative estimate of drug-likeness (QED) is 0.652. The molecular weight excluding hydrogens is 316 g/mol. The second kappa shape index (κ2) is 6.00. The summed E-state index contributed by atoms with van der Waals surface area (Å²) in [6.45, 7) is 2.82. The fourth-order valence-corrected chi connectivity index (χ4v) is 4.68. The Kier molecular flexibility index (Phi) is 3.93. The lowest BCUT2D eigenvalue weighted by Crippen LogP contribution is -2.33. The molecule has 2 aliphatic heterocycles. The fourth-order valence-electron chi connectivity index (χ4n) is 4.68. The molecule has 0 bridgehead atoms. The van der Waals surface area contributed by atoms with Crippen LogP contribution in [0.3, 0.4) is 0 Å². The molecule has 0 saturated carbocycles. The van der Waals surface area contributed by atoms with Gasteiger partial charge in [0, 0.05) is 17.6 Å². The summed E-state index contributed by atoms with van der Waals surface area (Å²) in [6, 6.07) is 5.53. The van der Waals surface area contributed by atoms with Gasteiger partial charge in [0.2, 0.25) is 0 Å². The Morgan fingerprint density at radius 3 is 2.84 bits per heavy atom. The van der Waals surface area contributed by atoms with E-state index in [1.807, 2.05) is 29.7 Å². The number of fused-ring (bicyclic) bond motifs is 3. The number of phenolic OH excluding ortho intramolecular Hbond substituents is 1. The number of carbonyl (C=O) groups is 1. The van der Waals surface area contributed by atoms with Crippen molar-refractivity contribution in [3.63, 3.8) is 0 Å². The van der Waals surface area contributed by atoms with E-state index in [4.69, 9.17) is 0 Å². The molecule has 1 aromatic carbocycles. The number of allylic oxidation sites excluding steroid dienone is 2. The first kappa shape index (κ1) is 16.4. The van der Waals surface area contributed by atoms with Crippen molar-refractivity contribution in [2.24, 2.45) is 5.92 Å². The van der Waals surface area contributed by atoms with E-state index >= 15 is 0 Å². The lowest BCUT2D eigenvalue weighted by molar-refractivity contribution is -0.105. The monoisotopic (exact) mass is 340 g/mol. The van der Waals surface area contributed by atoms with Crippen molar-refractivity contribution in [3.8, 4) is 5.75 Å². The second-order valence-electron chi connectivity index (χ2n) is 7.24. The van der Waals surface area contributed by atoms with Crippen LogP contribution in [0.15, 0.2) is 29.8 Å². The van der Waals surface area contributed by atoms with Crippen molar-refractivity contribution < 1.29 is 15.0 Å². The van der Waals surface area contributed by atoms with Gasteiger partial charge in [0.1, 0.15) is 18.3 Å². The lowest BCUT2D eigenvalue weighted by Gasteiger charge is -2.34. The van der Waals surface area contributed by atoms with E-state index in [1.165, 1.54) is 5.56 Å². The summed E-state index contributed by atoms with van der Waals surface area (Å²) in [7, 11) is 2.11. The highest BCUT2D eigenvalue weighted by Gasteiger charge is 2.38. The number of likely N-dealkylation sites (N-methyl/N-ethyl adjacent to an activating group) is 1. The maximum atomic E-state index is 11.5. The molecule has 1 aromatic heterocycles. The molecule has 132 valence electrons. The predicted octanol–water partition coefficient (Wildman–Crippen LogP) is 2.92. The molecule has 0 aliphatic carbocycles. The molecule has 5 heteroatoms. The van der Waals surface area contributed by atoms with Gasteiger partial charge < -0.3 is 14.8 Å². The number of benzene rings is 1. The predicted molar refractivity (Wildman–Crippen MR) is 96.5 cm³/mol. The van der Waals surface area contributed by atoms with E-state index in [1.54, 1.807) is 6.07 Å². The first-order valence-electron chi connectivity index (χ1n) is 8.90. The average Bonchev–Trinajstić information content (AvgIpc) is 2.83. The van der Waals surface area contributed by atoms with Gasteiger partial charge >= 0.3 is 0 Å². The number of aromatic nitrogens is 1. The third-order valence-electron chi connectivity index (χ3n) is 5.94. The summed E-state index contributed by atoms with van der Waals surface area (Å²) < 4.78 is 2.03. The van der Waals surface area contributed by atoms with E-state index in [-0.39, 0.29) is 17.7 Å². The van der Waals surface area contributed by atoms with Crippen LogP contribution in [-0.4, -0.2) is 39.6 Å². The third kappa shape index (κ3) is 2.41. The Labute approximate surface area is 147 Å². The van der Waals surface area contributed by atoms with Crippen LogP contribution in [0, 0.1) is 5.92 Å². The molecule has 2 aromatic rings. The van der Waals surface area contributed by atoms with Crippen molar-refractivity contribution >= 4 is 17.2 Å². The number of rotatable bonds is 2. The molecule has 0 spiro atoms. The molecule has 3 heterocycles. The molecule has 0 amide bonds. The Morgan fingerprint density at radius 2 is 2.12 bits per heavy atom. The van der Waals surface area contributed by atoms with Gasteiger partial charge in [-0.15, -0.1) is 0 Å². The summed E-state index contributed by atoms with van der Waals surface area (Å²) in [6.07, 6.45) is 4.37. The topological polar surface area (TPSA) is 65.7 Å². The number of aliphatic hydroxyl groups is 1. The highest BCUT2D eigenvalue weighted by Crippen LogP contribution is 2.46. The largest absolute Gasteiger partial charge is 0.508 e. The third-order valence-corrected chi connectivity index (χ3v) is 5.94. The van der Waals surface area contributed by atoms with Crippen LogP contribution < -0.4 is 0 Å². The number of phenols is 1. The van der Waals surface area contributed by atoms with E-state index < -0.39 is 6.23 Å². The average molecular weight is 340 g/mol. The highest BCUT2D eigenvalue weighted by molar-refractivity contribution is 5.87. The summed E-state index contributed by atoms with van der Waals surface area (Å²) in [5.41, 5.74) is 4.10. The Balaban J connectivity index is 1.94. The van der Waals surface area contributed by atoms with Crippen LogP contribution in [0.2, 0.25) is 0 Å². The van der Waals surface area contributed by atoms with Crippen molar-refractivity contribution in [3.05, 3.63) is 41.1 Å². The number of aldehydes is 1. The molecule has 25 heavy (non-hydrogen) atoms. The van der Waals surface area contributed by atoms with Gasteiger partial charge in [-0.1, -0.05) is 6.08 Å². The normalized spacial score (nSPS) is 27.2. The molecule has 0 radical (unpaired) electrons. The van der Waals surface area contributed by atoms with Crippen molar-refractivity contribution in [2.45, 2.75) is 38.5 Å². The lowest BCUT2D eigenvalue weighted by atomic mass is 9.86. The van der Waals surface area contributed by atoms with Gasteiger partial charge in [0.15, 0.2) is 0 Å². The zero-order chi connectivity index (χ0) is 17.7. The summed E-state index contributed by atoms with van der Waals surface area (Å²) >= 11 is 0. The van der Waals surface area contributed by atoms with Gasteiger partial charge in [-0.2, -0.15) is 0 Å². The van der Waals surface area contributed by atoms with Crippen LogP contribution in [0.5, 0.6) is 5.75 Å². The van der Waals surface area contributed by atoms with Crippen molar-refractivity contribution in [1.82, 2.24) is 9.47 Å². The minimum absolute atomic E-state index is 0.0444. The number of nitrogens with zero attached hydrogens (tertiary/aromatic N) is 2. The molecule has 2 aliphatic rings. The molecular formula is C20H24N2O3.